The highest BCUT2D eigenvalue weighted by atomic mass is 35.5. The van der Waals surface area contributed by atoms with Gasteiger partial charge in [0.05, 0.1) is 20.1 Å². The molecular formula is C12H4Cl4S. The van der Waals surface area contributed by atoms with Crippen molar-refractivity contribution in [3.05, 3.63) is 44.4 Å². The lowest BCUT2D eigenvalue weighted by Crippen LogP contribution is -1.71. The Bertz CT molecular complexity index is 683. The summed E-state index contributed by atoms with van der Waals surface area (Å²) in [5, 5.41) is 4.32. The van der Waals surface area contributed by atoms with E-state index in [1.165, 1.54) is 0 Å². The first-order chi connectivity index (χ1) is 8.06. The van der Waals surface area contributed by atoms with Gasteiger partial charge in [0.1, 0.15) is 0 Å². The summed E-state index contributed by atoms with van der Waals surface area (Å²) < 4.78 is 2.15. The zero-order chi connectivity index (χ0) is 12.2. The van der Waals surface area contributed by atoms with Gasteiger partial charge in [-0.2, -0.15) is 0 Å². The molecule has 0 amide bonds. The summed E-state index contributed by atoms with van der Waals surface area (Å²) in [6.45, 7) is 0. The Morgan fingerprint density at radius 2 is 0.941 bits per heavy atom. The van der Waals surface area contributed by atoms with Crippen LogP contribution >= 0.6 is 57.7 Å². The van der Waals surface area contributed by atoms with Crippen molar-refractivity contribution < 1.29 is 0 Å². The van der Waals surface area contributed by atoms with E-state index in [0.717, 1.165) is 20.2 Å². The number of fused-ring (bicyclic) bond motifs is 3. The van der Waals surface area contributed by atoms with E-state index >= 15 is 0 Å². The Morgan fingerprint density at radius 1 is 0.588 bits per heavy atom. The summed E-state index contributed by atoms with van der Waals surface area (Å²) in [7, 11) is 0. The molecule has 0 fully saturated rings. The predicted octanol–water partition coefficient (Wildman–Crippen LogP) is 6.67. The number of hydrogen-bond acceptors (Lipinski definition) is 1. The molecule has 0 unspecified atom stereocenters. The van der Waals surface area contributed by atoms with Crippen LogP contribution in [0, 0.1) is 0 Å². The maximum atomic E-state index is 6.03. The minimum Gasteiger partial charge on any atom is -0.135 e. The number of benzene rings is 2. The fraction of sp³-hybridized carbons (Fsp3) is 0. The average Bonchev–Trinajstić information content (AvgIpc) is 2.58. The minimum absolute atomic E-state index is 0.546. The lowest BCUT2D eigenvalue weighted by molar-refractivity contribution is 1.82. The molecular weight excluding hydrogens is 318 g/mol. The molecule has 0 aliphatic carbocycles. The fourth-order valence-corrected chi connectivity index (χ4v) is 3.70. The van der Waals surface area contributed by atoms with Crippen molar-refractivity contribution in [2.75, 3.05) is 0 Å². The Balaban J connectivity index is 2.51. The van der Waals surface area contributed by atoms with Gasteiger partial charge in [0, 0.05) is 20.2 Å². The normalized spacial score (nSPS) is 11.5. The van der Waals surface area contributed by atoms with Crippen molar-refractivity contribution in [3.63, 3.8) is 0 Å². The molecule has 0 aliphatic heterocycles. The maximum absolute atomic E-state index is 6.03. The lowest BCUT2D eigenvalue weighted by Gasteiger charge is -1.97. The van der Waals surface area contributed by atoms with Crippen LogP contribution in [0.3, 0.4) is 0 Å². The molecule has 86 valence electrons. The molecule has 3 rings (SSSR count). The van der Waals surface area contributed by atoms with Crippen molar-refractivity contribution in [2.24, 2.45) is 0 Å². The average molecular weight is 322 g/mol. The molecule has 5 heteroatoms. The van der Waals surface area contributed by atoms with Gasteiger partial charge in [-0.1, -0.05) is 46.4 Å². The van der Waals surface area contributed by atoms with E-state index in [2.05, 4.69) is 0 Å². The zero-order valence-electron chi connectivity index (χ0n) is 8.23. The minimum atomic E-state index is 0.546. The van der Waals surface area contributed by atoms with E-state index in [-0.39, 0.29) is 0 Å². The van der Waals surface area contributed by atoms with Gasteiger partial charge in [-0.3, -0.25) is 0 Å². The number of hydrogen-bond donors (Lipinski definition) is 0. The van der Waals surface area contributed by atoms with Gasteiger partial charge in [0.2, 0.25) is 0 Å². The van der Waals surface area contributed by atoms with Gasteiger partial charge in [-0.05, 0) is 24.3 Å². The van der Waals surface area contributed by atoms with Gasteiger partial charge in [-0.15, -0.1) is 11.3 Å². The van der Waals surface area contributed by atoms with Crippen molar-refractivity contribution in [1.29, 1.82) is 0 Å². The van der Waals surface area contributed by atoms with Crippen LogP contribution in [0.2, 0.25) is 20.1 Å². The van der Waals surface area contributed by atoms with E-state index < -0.39 is 0 Å². The summed E-state index contributed by atoms with van der Waals surface area (Å²) >= 11 is 25.7. The first-order valence-corrected chi connectivity index (χ1v) is 7.05. The van der Waals surface area contributed by atoms with Crippen molar-refractivity contribution in [3.8, 4) is 0 Å². The molecule has 0 saturated carbocycles. The standard InChI is InChI=1S/C12H4Cl4S/c13-7-1-5-6-2-8(14)10(16)4-12(6)17-11(5)3-9(7)15/h1-4H. The van der Waals surface area contributed by atoms with Crippen LogP contribution in [0.25, 0.3) is 20.2 Å². The fourth-order valence-electron chi connectivity index (χ4n) is 1.77. The number of thiophene rings is 1. The maximum Gasteiger partial charge on any atom is 0.0606 e. The summed E-state index contributed by atoms with van der Waals surface area (Å²) in [6.07, 6.45) is 0. The van der Waals surface area contributed by atoms with Crippen LogP contribution in [-0.4, -0.2) is 0 Å². The molecule has 3 aromatic rings. The largest absolute Gasteiger partial charge is 0.135 e. The Labute approximate surface area is 122 Å². The summed E-state index contributed by atoms with van der Waals surface area (Å²) in [5.74, 6) is 0. The first-order valence-electron chi connectivity index (χ1n) is 4.72. The monoisotopic (exact) mass is 320 g/mol. The molecule has 0 N–H and O–H groups in total. The number of halogens is 4. The quantitative estimate of drug-likeness (QED) is 0.434. The van der Waals surface area contributed by atoms with Gasteiger partial charge in [-0.25, -0.2) is 0 Å². The van der Waals surface area contributed by atoms with E-state index in [1.54, 1.807) is 11.3 Å². The highest BCUT2D eigenvalue weighted by Gasteiger charge is 2.10. The molecule has 0 atom stereocenters. The smallest absolute Gasteiger partial charge is 0.0606 e. The van der Waals surface area contributed by atoms with Crippen LogP contribution < -0.4 is 0 Å². The topological polar surface area (TPSA) is 0 Å². The van der Waals surface area contributed by atoms with E-state index in [4.69, 9.17) is 46.4 Å². The highest BCUT2D eigenvalue weighted by molar-refractivity contribution is 7.25. The van der Waals surface area contributed by atoms with E-state index in [0.29, 0.717) is 20.1 Å². The third kappa shape index (κ3) is 1.91. The Hall–Kier alpha value is -0.180. The summed E-state index contributed by atoms with van der Waals surface area (Å²) in [4.78, 5) is 0. The molecule has 2 aromatic carbocycles. The molecule has 1 heterocycles. The van der Waals surface area contributed by atoms with Crippen LogP contribution in [0.4, 0.5) is 0 Å². The third-order valence-electron chi connectivity index (χ3n) is 2.56. The molecule has 0 nitrogen and oxygen atoms in total. The molecule has 0 saturated heterocycles. The highest BCUT2D eigenvalue weighted by Crippen LogP contribution is 2.41. The predicted molar refractivity (Wildman–Crippen MR) is 79.4 cm³/mol. The summed E-state index contributed by atoms with van der Waals surface area (Å²) in [6, 6.07) is 7.46. The van der Waals surface area contributed by atoms with Crippen LogP contribution in [-0.2, 0) is 0 Å². The van der Waals surface area contributed by atoms with Gasteiger partial charge in [0.15, 0.2) is 0 Å². The van der Waals surface area contributed by atoms with Crippen molar-refractivity contribution in [1.82, 2.24) is 0 Å². The Morgan fingerprint density at radius 3 is 1.35 bits per heavy atom. The molecule has 1 aromatic heterocycles. The second kappa shape index (κ2) is 4.18. The number of rotatable bonds is 0. The van der Waals surface area contributed by atoms with Crippen molar-refractivity contribution >= 4 is 77.9 Å². The molecule has 0 spiro atoms. The Kier molecular flexibility index (Phi) is 2.92. The zero-order valence-corrected chi connectivity index (χ0v) is 12.1. The molecule has 0 radical (unpaired) electrons. The van der Waals surface area contributed by atoms with Crippen LogP contribution in [0.5, 0.6) is 0 Å². The lowest BCUT2D eigenvalue weighted by atomic mass is 10.1. The second-order valence-electron chi connectivity index (χ2n) is 3.63. The second-order valence-corrected chi connectivity index (χ2v) is 6.34. The SMILES string of the molecule is Clc1cc2sc3cc(Cl)c(Cl)cc3c2cc1Cl. The van der Waals surface area contributed by atoms with E-state index in [1.807, 2.05) is 24.3 Å². The van der Waals surface area contributed by atoms with Crippen molar-refractivity contribution in [2.45, 2.75) is 0 Å². The van der Waals surface area contributed by atoms with Gasteiger partial charge in [0.25, 0.3) is 0 Å². The van der Waals surface area contributed by atoms with Crippen LogP contribution in [0.1, 0.15) is 0 Å². The summed E-state index contributed by atoms with van der Waals surface area (Å²) in [5.41, 5.74) is 0. The molecule has 0 aliphatic rings. The van der Waals surface area contributed by atoms with E-state index in [9.17, 15) is 0 Å². The molecule has 17 heavy (non-hydrogen) atoms. The van der Waals surface area contributed by atoms with Gasteiger partial charge >= 0.3 is 0 Å². The van der Waals surface area contributed by atoms with Gasteiger partial charge < -0.3 is 0 Å². The third-order valence-corrected chi connectivity index (χ3v) is 5.11. The first kappa shape index (κ1) is 11.9. The van der Waals surface area contributed by atoms with Crippen LogP contribution in [0.15, 0.2) is 24.3 Å². The molecule has 0 bridgehead atoms.